The van der Waals surface area contributed by atoms with E-state index in [2.05, 4.69) is 411 Å². The van der Waals surface area contributed by atoms with Gasteiger partial charge in [0.25, 0.3) is 0 Å². The van der Waals surface area contributed by atoms with E-state index >= 15 is 0 Å². The van der Waals surface area contributed by atoms with Gasteiger partial charge in [-0.25, -0.2) is 0 Å². The van der Waals surface area contributed by atoms with E-state index in [9.17, 15) is 0 Å². The Morgan fingerprint density at radius 1 is 0.198 bits per heavy atom. The predicted octanol–water partition coefficient (Wildman–Crippen LogP) is 29.4. The lowest BCUT2D eigenvalue weighted by molar-refractivity contribution is 0.793. The standard InChI is InChI=1S/C53H35N.C31H21N.C22H15Cl.CH4.FH/c1-3-15-36(16-4-1)41-22-13-25-44-42(23-14-24-43(41)44)37-29-31-39(32-30-37)54(38-17-5-2-6-18-38)40-33-34-48-47-21-9-12-28-51(47)53(52(48)35-40)49-26-10-7-19-45(49)46-20-8-11-27-50(46)53;1-2-10-21(11-3-1)32-22-18-19-26-25-14-6-9-17-29(25)31(30(26)20-22)27-15-7-4-12-23(27)24-13-5-8-16-28(24)31;23-18-14-12-17(13-15-18)20-9-5-10-21-19(8-4-11-22(20)21)16-6-2-1-3-7-16;;/h1-35H;1-20,32H;1-15H;1H4;1H. The Morgan fingerprint density at radius 3 is 0.847 bits per heavy atom. The molecule has 0 amide bonds. The van der Waals surface area contributed by atoms with Crippen LogP contribution < -0.4 is 10.2 Å². The van der Waals surface area contributed by atoms with E-state index in [0.717, 1.165) is 33.5 Å². The zero-order valence-corrected chi connectivity index (χ0v) is 60.9. The summed E-state index contributed by atoms with van der Waals surface area (Å²) in [6.45, 7) is 0. The van der Waals surface area contributed by atoms with Gasteiger partial charge in [-0.3, -0.25) is 4.70 Å². The van der Waals surface area contributed by atoms with Crippen molar-refractivity contribution >= 4 is 61.6 Å². The van der Waals surface area contributed by atoms with Crippen LogP contribution in [0.4, 0.5) is 33.1 Å². The summed E-state index contributed by atoms with van der Waals surface area (Å²) < 4.78 is 0. The molecule has 0 radical (unpaired) electrons. The number of hydrogen-bond acceptors (Lipinski definition) is 2. The molecular weight excluding hydrogens is 1370 g/mol. The quantitative estimate of drug-likeness (QED) is 0.155. The highest BCUT2D eigenvalue weighted by molar-refractivity contribution is 6.30. The second kappa shape index (κ2) is 28.8. The fourth-order valence-electron chi connectivity index (χ4n) is 18.4. The van der Waals surface area contributed by atoms with Gasteiger partial charge in [0.1, 0.15) is 0 Å². The van der Waals surface area contributed by atoms with Crippen molar-refractivity contribution in [2.24, 2.45) is 0 Å². The summed E-state index contributed by atoms with van der Waals surface area (Å²) in [5, 5.41) is 9.43. The molecule has 18 aromatic carbocycles. The molecule has 0 saturated carbocycles. The zero-order chi connectivity index (χ0) is 72.4. The summed E-state index contributed by atoms with van der Waals surface area (Å²) in [6.07, 6.45) is 0. The highest BCUT2D eigenvalue weighted by Gasteiger charge is 2.53. The number of benzene rings is 18. The van der Waals surface area contributed by atoms with Crippen LogP contribution in [0.3, 0.4) is 0 Å². The minimum atomic E-state index is -0.395. The van der Waals surface area contributed by atoms with Crippen molar-refractivity contribution < 1.29 is 4.70 Å². The molecule has 4 aliphatic carbocycles. The third kappa shape index (κ3) is 11.4. The molecule has 2 nitrogen and oxygen atoms in total. The zero-order valence-electron chi connectivity index (χ0n) is 60.1. The van der Waals surface area contributed by atoms with Crippen LogP contribution in [0.5, 0.6) is 0 Å². The van der Waals surface area contributed by atoms with Crippen LogP contribution in [-0.2, 0) is 10.8 Å². The number of anilines is 5. The molecule has 1 N–H and O–H groups in total. The lowest BCUT2D eigenvalue weighted by Crippen LogP contribution is -2.26. The monoisotopic (exact) mass is 1440 g/mol. The summed E-state index contributed by atoms with van der Waals surface area (Å²) in [7, 11) is 0. The van der Waals surface area contributed by atoms with Gasteiger partial charge in [-0.15, -0.1) is 0 Å². The maximum absolute atomic E-state index is 6.02. The number of nitrogens with zero attached hydrogens (tertiary/aromatic N) is 1. The van der Waals surface area contributed by atoms with Gasteiger partial charge in [-0.05, 0) is 228 Å². The van der Waals surface area contributed by atoms with Crippen LogP contribution in [0.2, 0.25) is 5.02 Å². The molecule has 0 aromatic heterocycles. The molecular formula is C107H76ClFN2. The van der Waals surface area contributed by atoms with Gasteiger partial charge in [0, 0.05) is 33.5 Å². The summed E-state index contributed by atoms with van der Waals surface area (Å²) in [6, 6.07) is 154. The summed E-state index contributed by atoms with van der Waals surface area (Å²) >= 11 is 6.02. The molecule has 18 aromatic rings. The first-order chi connectivity index (χ1) is 54.0. The highest BCUT2D eigenvalue weighted by atomic mass is 35.5. The summed E-state index contributed by atoms with van der Waals surface area (Å²) in [4.78, 5) is 2.41. The smallest absolute Gasteiger partial charge is 0.0726 e. The van der Waals surface area contributed by atoms with E-state index in [0.29, 0.717) is 0 Å². The second-order valence-electron chi connectivity index (χ2n) is 28.6. The van der Waals surface area contributed by atoms with Crippen LogP contribution in [0, 0.1) is 0 Å². The SMILES string of the molecule is C.Clc1ccc(-c2cccc3c(-c4ccccc4)cccc23)cc1.F.c1ccc(-c2cccc3c(-c4ccc(N(c5ccccc5)c5ccc6c(c5)C5(c7ccccc7-c7ccccc75)c5ccccc5-6)cc4)cccc23)cc1.c1ccc(Nc2ccc3c(c2)C2(c4ccccc4-c4ccccc42)c2ccccc2-3)cc1. The van der Waals surface area contributed by atoms with E-state index in [1.165, 1.54) is 155 Å². The van der Waals surface area contributed by atoms with Gasteiger partial charge < -0.3 is 10.2 Å². The number of nitrogens with one attached hydrogen (secondary N) is 1. The van der Waals surface area contributed by atoms with Crippen molar-refractivity contribution in [1.29, 1.82) is 0 Å². The first-order valence-corrected chi connectivity index (χ1v) is 37.9. The maximum Gasteiger partial charge on any atom is 0.0726 e. The Bertz CT molecular complexity index is 6390. The molecule has 0 bridgehead atoms. The predicted molar refractivity (Wildman–Crippen MR) is 467 cm³/mol. The van der Waals surface area contributed by atoms with Gasteiger partial charge >= 0.3 is 0 Å². The third-order valence-electron chi connectivity index (χ3n) is 22.9. The fraction of sp³-hybridized carbons (Fsp3) is 0.0280. The topological polar surface area (TPSA) is 15.3 Å². The van der Waals surface area contributed by atoms with Gasteiger partial charge in [0.2, 0.25) is 0 Å². The van der Waals surface area contributed by atoms with Gasteiger partial charge in [0.05, 0.1) is 10.8 Å². The van der Waals surface area contributed by atoms with Crippen LogP contribution >= 0.6 is 11.6 Å². The third-order valence-corrected chi connectivity index (χ3v) is 23.2. The molecule has 22 rings (SSSR count). The van der Waals surface area contributed by atoms with Crippen molar-refractivity contribution in [3.05, 3.63) is 474 Å². The molecule has 0 fully saturated rings. The van der Waals surface area contributed by atoms with Gasteiger partial charge in [0.15, 0.2) is 0 Å². The second-order valence-corrected chi connectivity index (χ2v) is 29.1. The summed E-state index contributed by atoms with van der Waals surface area (Å²) in [5.41, 5.74) is 36.3. The maximum atomic E-state index is 6.02. The first kappa shape index (κ1) is 69.1. The highest BCUT2D eigenvalue weighted by Crippen LogP contribution is 2.65. The molecule has 111 heavy (non-hydrogen) atoms. The number of hydrogen-bond donors (Lipinski definition) is 1. The number of fused-ring (bicyclic) bond motifs is 22. The average molecular weight is 1440 g/mol. The van der Waals surface area contributed by atoms with E-state index in [1.54, 1.807) is 0 Å². The van der Waals surface area contributed by atoms with Crippen LogP contribution in [0.25, 0.3) is 111 Å². The molecule has 4 heteroatoms. The van der Waals surface area contributed by atoms with Crippen LogP contribution in [0.1, 0.15) is 51.9 Å². The molecule has 0 unspecified atom stereocenters. The fourth-order valence-corrected chi connectivity index (χ4v) is 18.5. The Kier molecular flexibility index (Phi) is 17.9. The number of para-hydroxylation sites is 2. The van der Waals surface area contributed by atoms with Gasteiger partial charge in [-0.1, -0.05) is 371 Å². The van der Waals surface area contributed by atoms with Gasteiger partial charge in [-0.2, -0.15) is 0 Å². The van der Waals surface area contributed by atoms with Crippen molar-refractivity contribution in [3.63, 3.8) is 0 Å². The molecule has 4 aliphatic rings. The average Bonchev–Trinajstić information content (AvgIpc) is 1.52. The number of rotatable bonds is 9. The van der Waals surface area contributed by atoms with E-state index in [4.69, 9.17) is 11.6 Å². The summed E-state index contributed by atoms with van der Waals surface area (Å²) in [5.74, 6) is 0. The van der Waals surface area contributed by atoms with E-state index in [1.807, 2.05) is 24.3 Å². The Morgan fingerprint density at radius 2 is 0.468 bits per heavy atom. The molecule has 0 heterocycles. The molecule has 0 aliphatic heterocycles. The van der Waals surface area contributed by atoms with Crippen molar-refractivity contribution in [3.8, 4) is 89.0 Å². The van der Waals surface area contributed by atoms with Crippen LogP contribution in [-0.4, -0.2) is 0 Å². The molecule has 528 valence electrons. The minimum Gasteiger partial charge on any atom is -0.356 e. The van der Waals surface area contributed by atoms with Crippen molar-refractivity contribution in [1.82, 2.24) is 0 Å². The largest absolute Gasteiger partial charge is 0.356 e. The van der Waals surface area contributed by atoms with Crippen molar-refractivity contribution in [2.45, 2.75) is 18.3 Å². The van der Waals surface area contributed by atoms with E-state index in [-0.39, 0.29) is 17.5 Å². The first-order valence-electron chi connectivity index (χ1n) is 37.6. The Labute approximate surface area is 653 Å². The molecule has 2 spiro atoms. The Balaban J connectivity index is 0.000000128. The Hall–Kier alpha value is -13.7. The lowest BCUT2D eigenvalue weighted by Gasteiger charge is -2.32. The van der Waals surface area contributed by atoms with E-state index < -0.39 is 5.41 Å². The molecule has 0 atom stereocenters. The molecule has 0 saturated heterocycles. The number of halogens is 2. The lowest BCUT2D eigenvalue weighted by atomic mass is 9.70. The normalized spacial score (nSPS) is 12.5. The van der Waals surface area contributed by atoms with Crippen molar-refractivity contribution in [2.75, 3.05) is 10.2 Å². The van der Waals surface area contributed by atoms with Crippen LogP contribution in [0.15, 0.2) is 425 Å². The minimum absolute atomic E-state index is 0.